The van der Waals surface area contributed by atoms with Gasteiger partial charge in [-0.15, -0.1) is 0 Å². The summed E-state index contributed by atoms with van der Waals surface area (Å²) in [5, 5.41) is 0. The number of rotatable bonds is 2. The topological polar surface area (TPSA) is 12.5 Å². The second-order valence-corrected chi connectivity index (χ2v) is 3.27. The number of nitrogens with zero attached hydrogens (tertiary/aromatic N) is 1. The molecule has 1 heterocycles. The van der Waals surface area contributed by atoms with E-state index < -0.39 is 0 Å². The van der Waals surface area contributed by atoms with Crippen LogP contribution in [0.2, 0.25) is 0 Å². The number of likely N-dealkylation sites (N-methyl/N-ethyl adjacent to an activating group) is 1. The normalized spacial score (nSPS) is 25.3. The predicted octanol–water partition coefficient (Wildman–Crippen LogP) is 2.31. The van der Waals surface area contributed by atoms with Crippen LogP contribution in [0.1, 0.15) is 27.2 Å². The summed E-state index contributed by atoms with van der Waals surface area (Å²) < 4.78 is 5.27. The van der Waals surface area contributed by atoms with E-state index >= 15 is 0 Å². The van der Waals surface area contributed by atoms with Gasteiger partial charge in [0.25, 0.3) is 0 Å². The molecule has 0 aromatic rings. The van der Waals surface area contributed by atoms with Crippen LogP contribution >= 0.6 is 0 Å². The average Bonchev–Trinajstić information content (AvgIpc) is 2.49. The summed E-state index contributed by atoms with van der Waals surface area (Å²) in [6, 6.07) is 0.431. The first kappa shape index (κ1) is 12.7. The molecule has 1 aliphatic rings. The van der Waals surface area contributed by atoms with Crippen molar-refractivity contribution in [2.45, 2.75) is 39.3 Å². The zero-order valence-electron chi connectivity index (χ0n) is 9.63. The lowest BCUT2D eigenvalue weighted by Gasteiger charge is -2.25. The van der Waals surface area contributed by atoms with Gasteiger partial charge < -0.3 is 4.74 Å². The lowest BCUT2D eigenvalue weighted by Crippen LogP contribution is -2.36. The van der Waals surface area contributed by atoms with Gasteiger partial charge in [0.1, 0.15) is 0 Å². The largest absolute Gasteiger partial charge is 0.380 e. The first-order chi connectivity index (χ1) is 6.16. The highest BCUT2D eigenvalue weighted by molar-refractivity contribution is 5.13. The highest BCUT2D eigenvalue weighted by Crippen LogP contribution is 2.23. The smallest absolute Gasteiger partial charge is 0.0736 e. The minimum Gasteiger partial charge on any atom is -0.380 e. The molecule has 0 aromatic carbocycles. The maximum atomic E-state index is 5.27. The molecular weight excluding hydrogens is 162 g/mol. The highest BCUT2D eigenvalue weighted by Gasteiger charge is 2.29. The van der Waals surface area contributed by atoms with E-state index in [1.54, 1.807) is 7.11 Å². The minimum atomic E-state index is 0.273. The number of hydrogen-bond donors (Lipinski definition) is 0. The molecule has 0 aliphatic carbocycles. The molecule has 2 nitrogen and oxygen atoms in total. The first-order valence-electron chi connectivity index (χ1n) is 5.07. The fourth-order valence-electron chi connectivity index (χ4n) is 1.74. The van der Waals surface area contributed by atoms with Crippen LogP contribution in [-0.4, -0.2) is 37.7 Å². The van der Waals surface area contributed by atoms with Gasteiger partial charge in [-0.3, -0.25) is 4.90 Å². The monoisotopic (exact) mass is 185 g/mol. The molecule has 0 amide bonds. The van der Waals surface area contributed by atoms with Crippen molar-refractivity contribution in [1.29, 1.82) is 0 Å². The fourth-order valence-corrected chi connectivity index (χ4v) is 1.74. The van der Waals surface area contributed by atoms with Crippen LogP contribution in [0, 0.1) is 0 Å². The van der Waals surface area contributed by atoms with Crippen LogP contribution in [-0.2, 0) is 4.74 Å². The van der Waals surface area contributed by atoms with E-state index in [-0.39, 0.29) is 6.10 Å². The zero-order valence-corrected chi connectivity index (χ0v) is 9.63. The lowest BCUT2D eigenvalue weighted by molar-refractivity contribution is 0.0646. The van der Waals surface area contributed by atoms with Crippen molar-refractivity contribution in [3.63, 3.8) is 0 Å². The van der Waals surface area contributed by atoms with E-state index in [4.69, 9.17) is 4.74 Å². The Labute approximate surface area is 82.6 Å². The van der Waals surface area contributed by atoms with Crippen molar-refractivity contribution >= 4 is 0 Å². The molecule has 2 heteroatoms. The second kappa shape index (κ2) is 6.17. The highest BCUT2D eigenvalue weighted by atomic mass is 16.5. The Hall–Kier alpha value is -0.340. The summed E-state index contributed by atoms with van der Waals surface area (Å²) >= 11 is 0. The Kier molecular flexibility index (Phi) is 6.00. The van der Waals surface area contributed by atoms with Gasteiger partial charge in [0.2, 0.25) is 0 Å². The Bertz CT molecular complexity index is 156. The molecule has 2 unspecified atom stereocenters. The molecule has 0 radical (unpaired) electrons. The molecule has 13 heavy (non-hydrogen) atoms. The van der Waals surface area contributed by atoms with Crippen LogP contribution < -0.4 is 0 Å². The SMILES string of the molecule is C=C1CCN(C)C1C(C)OC.CC. The van der Waals surface area contributed by atoms with Crippen molar-refractivity contribution in [3.8, 4) is 0 Å². The molecule has 0 bridgehead atoms. The van der Waals surface area contributed by atoms with Gasteiger partial charge in [0.15, 0.2) is 0 Å². The van der Waals surface area contributed by atoms with Crippen molar-refractivity contribution in [1.82, 2.24) is 4.90 Å². The third-order valence-electron chi connectivity index (χ3n) is 2.50. The van der Waals surface area contributed by atoms with Gasteiger partial charge >= 0.3 is 0 Å². The average molecular weight is 185 g/mol. The van der Waals surface area contributed by atoms with Crippen LogP contribution in [0.3, 0.4) is 0 Å². The first-order valence-corrected chi connectivity index (χ1v) is 5.07. The van der Waals surface area contributed by atoms with Gasteiger partial charge in [0, 0.05) is 13.7 Å². The summed E-state index contributed by atoms with van der Waals surface area (Å²) in [5.41, 5.74) is 1.31. The predicted molar refractivity (Wildman–Crippen MR) is 58.0 cm³/mol. The molecule has 78 valence electrons. The van der Waals surface area contributed by atoms with E-state index in [9.17, 15) is 0 Å². The van der Waals surface area contributed by atoms with Crippen LogP contribution in [0.15, 0.2) is 12.2 Å². The Morgan fingerprint density at radius 2 is 2.08 bits per heavy atom. The van der Waals surface area contributed by atoms with Crippen molar-refractivity contribution in [3.05, 3.63) is 12.2 Å². The Morgan fingerprint density at radius 3 is 2.38 bits per heavy atom. The summed E-state index contributed by atoms with van der Waals surface area (Å²) in [6.45, 7) is 11.3. The molecule has 0 spiro atoms. The van der Waals surface area contributed by atoms with Crippen LogP contribution in [0.25, 0.3) is 0 Å². The van der Waals surface area contributed by atoms with E-state index in [0.29, 0.717) is 6.04 Å². The maximum absolute atomic E-state index is 5.27. The van der Waals surface area contributed by atoms with Gasteiger partial charge in [-0.2, -0.15) is 0 Å². The zero-order chi connectivity index (χ0) is 10.4. The van der Waals surface area contributed by atoms with Crippen molar-refractivity contribution < 1.29 is 4.74 Å². The van der Waals surface area contributed by atoms with Crippen molar-refractivity contribution in [2.24, 2.45) is 0 Å². The molecule has 0 saturated carbocycles. The Morgan fingerprint density at radius 1 is 1.54 bits per heavy atom. The molecule has 1 saturated heterocycles. The quantitative estimate of drug-likeness (QED) is 0.612. The number of methoxy groups -OCH3 is 1. The lowest BCUT2D eigenvalue weighted by atomic mass is 10.1. The van der Waals surface area contributed by atoms with Crippen LogP contribution in [0.5, 0.6) is 0 Å². The van der Waals surface area contributed by atoms with Gasteiger partial charge in [-0.1, -0.05) is 26.0 Å². The third kappa shape index (κ3) is 3.12. The number of ether oxygens (including phenoxy) is 1. The molecule has 2 atom stereocenters. The van der Waals surface area contributed by atoms with Gasteiger partial charge in [-0.25, -0.2) is 0 Å². The summed E-state index contributed by atoms with van der Waals surface area (Å²) in [4.78, 5) is 2.30. The molecule has 0 aromatic heterocycles. The number of hydrogen-bond acceptors (Lipinski definition) is 2. The maximum Gasteiger partial charge on any atom is 0.0736 e. The van der Waals surface area contributed by atoms with Gasteiger partial charge in [0.05, 0.1) is 12.1 Å². The van der Waals surface area contributed by atoms with Gasteiger partial charge in [-0.05, 0) is 20.4 Å². The number of likely N-dealkylation sites (tertiary alicyclic amines) is 1. The van der Waals surface area contributed by atoms with E-state index in [1.807, 2.05) is 13.8 Å². The Balaban J connectivity index is 0.000000671. The molecule has 1 fully saturated rings. The molecule has 0 N–H and O–H groups in total. The standard InChI is InChI=1S/C9H17NO.C2H6/c1-7-5-6-10(3)9(7)8(2)11-4;1-2/h8-9H,1,5-6H2,2-4H3;1-2H3. The fraction of sp³-hybridized carbons (Fsp3) is 0.818. The molecular formula is C11H23NO. The molecule has 1 rings (SSSR count). The van der Waals surface area contributed by atoms with E-state index in [0.717, 1.165) is 13.0 Å². The van der Waals surface area contributed by atoms with Crippen molar-refractivity contribution in [2.75, 3.05) is 20.7 Å². The summed E-state index contributed by atoms with van der Waals surface area (Å²) in [6.07, 6.45) is 1.39. The van der Waals surface area contributed by atoms with Crippen LogP contribution in [0.4, 0.5) is 0 Å². The summed E-state index contributed by atoms with van der Waals surface area (Å²) in [5.74, 6) is 0. The third-order valence-corrected chi connectivity index (χ3v) is 2.50. The minimum absolute atomic E-state index is 0.273. The molecule has 1 aliphatic heterocycles. The summed E-state index contributed by atoms with van der Waals surface area (Å²) in [7, 11) is 3.88. The van der Waals surface area contributed by atoms with E-state index in [2.05, 4.69) is 25.5 Å². The van der Waals surface area contributed by atoms with E-state index in [1.165, 1.54) is 5.57 Å². The second-order valence-electron chi connectivity index (χ2n) is 3.27.